The van der Waals surface area contributed by atoms with E-state index in [0.717, 1.165) is 23.7 Å². The Morgan fingerprint density at radius 3 is 2.81 bits per heavy atom. The van der Waals surface area contributed by atoms with Crippen molar-refractivity contribution >= 4 is 10.8 Å². The molecular weight excluding hydrogens is 264 g/mol. The molecule has 1 heterocycles. The Morgan fingerprint density at radius 1 is 1.19 bits per heavy atom. The van der Waals surface area contributed by atoms with E-state index < -0.39 is 0 Å². The predicted octanol–water partition coefficient (Wildman–Crippen LogP) is 2.27. The highest BCUT2D eigenvalue weighted by Crippen LogP contribution is 2.28. The molecule has 2 aromatic carbocycles. The first-order chi connectivity index (χ1) is 10.3. The monoisotopic (exact) mass is 282 g/mol. The van der Waals surface area contributed by atoms with Gasteiger partial charge in [-0.3, -0.25) is 4.68 Å². The van der Waals surface area contributed by atoms with Crippen molar-refractivity contribution in [2.45, 2.75) is 13.2 Å². The van der Waals surface area contributed by atoms with Gasteiger partial charge >= 0.3 is 0 Å². The molecule has 0 saturated carbocycles. The van der Waals surface area contributed by atoms with Gasteiger partial charge in [-0.05, 0) is 23.9 Å². The zero-order valence-corrected chi connectivity index (χ0v) is 12.2. The van der Waals surface area contributed by atoms with E-state index in [1.807, 2.05) is 32.3 Å². The van der Waals surface area contributed by atoms with Crippen LogP contribution < -0.4 is 10.1 Å². The van der Waals surface area contributed by atoms with E-state index in [1.54, 1.807) is 4.68 Å². The van der Waals surface area contributed by atoms with Crippen molar-refractivity contribution in [3.63, 3.8) is 0 Å². The lowest BCUT2D eigenvalue weighted by atomic mass is 10.0. The third-order valence-corrected chi connectivity index (χ3v) is 3.51. The van der Waals surface area contributed by atoms with Crippen molar-refractivity contribution in [3.05, 3.63) is 54.1 Å². The van der Waals surface area contributed by atoms with Crippen molar-refractivity contribution in [2.75, 3.05) is 7.05 Å². The predicted molar refractivity (Wildman–Crippen MR) is 82.0 cm³/mol. The number of ether oxygens (including phenoxy) is 1. The molecule has 21 heavy (non-hydrogen) atoms. The van der Waals surface area contributed by atoms with E-state index in [9.17, 15) is 0 Å². The second-order valence-corrected chi connectivity index (χ2v) is 4.88. The van der Waals surface area contributed by atoms with Crippen LogP contribution in [0.25, 0.3) is 10.8 Å². The third kappa shape index (κ3) is 2.73. The fraction of sp³-hybridized carbons (Fsp3) is 0.250. The average molecular weight is 282 g/mol. The van der Waals surface area contributed by atoms with Crippen LogP contribution in [0.4, 0.5) is 0 Å². The van der Waals surface area contributed by atoms with Crippen LogP contribution in [0.3, 0.4) is 0 Å². The summed E-state index contributed by atoms with van der Waals surface area (Å²) in [6, 6.07) is 12.4. The van der Waals surface area contributed by atoms with Crippen LogP contribution in [-0.2, 0) is 20.2 Å². The van der Waals surface area contributed by atoms with Gasteiger partial charge in [0.05, 0.1) is 0 Å². The average Bonchev–Trinajstić information content (AvgIpc) is 2.92. The summed E-state index contributed by atoms with van der Waals surface area (Å²) in [5.41, 5.74) is 1.16. The normalized spacial score (nSPS) is 11.0. The number of nitrogens with one attached hydrogen (secondary N) is 1. The molecule has 0 aliphatic heterocycles. The van der Waals surface area contributed by atoms with Crippen LogP contribution in [0.5, 0.6) is 5.75 Å². The second kappa shape index (κ2) is 5.93. The summed E-state index contributed by atoms with van der Waals surface area (Å²) >= 11 is 0. The summed E-state index contributed by atoms with van der Waals surface area (Å²) in [5.74, 6) is 1.68. The second-order valence-electron chi connectivity index (χ2n) is 4.88. The molecule has 0 aliphatic rings. The Bertz CT molecular complexity index is 751. The molecule has 0 atom stereocenters. The fourth-order valence-corrected chi connectivity index (χ4v) is 2.40. The van der Waals surface area contributed by atoms with Gasteiger partial charge in [-0.15, -0.1) is 0 Å². The van der Waals surface area contributed by atoms with Crippen LogP contribution in [0.1, 0.15) is 11.4 Å². The van der Waals surface area contributed by atoms with Gasteiger partial charge in [0.1, 0.15) is 18.7 Å². The lowest BCUT2D eigenvalue weighted by molar-refractivity contribution is 0.287. The minimum Gasteiger partial charge on any atom is -0.485 e. The summed E-state index contributed by atoms with van der Waals surface area (Å²) < 4.78 is 7.68. The molecule has 0 aliphatic carbocycles. The molecule has 5 nitrogen and oxygen atoms in total. The largest absolute Gasteiger partial charge is 0.485 e. The number of hydrogen-bond acceptors (Lipinski definition) is 4. The van der Waals surface area contributed by atoms with Crippen molar-refractivity contribution < 1.29 is 4.74 Å². The van der Waals surface area contributed by atoms with E-state index >= 15 is 0 Å². The lowest BCUT2D eigenvalue weighted by Crippen LogP contribution is -2.10. The SMILES string of the molecule is CNCc1c(OCc2ncnn2C)ccc2ccccc12. The van der Waals surface area contributed by atoms with Gasteiger partial charge in [0.15, 0.2) is 5.82 Å². The highest BCUT2D eigenvalue weighted by molar-refractivity contribution is 5.87. The minimum atomic E-state index is 0.408. The molecule has 1 N–H and O–H groups in total. The molecule has 108 valence electrons. The highest BCUT2D eigenvalue weighted by atomic mass is 16.5. The highest BCUT2D eigenvalue weighted by Gasteiger charge is 2.09. The lowest BCUT2D eigenvalue weighted by Gasteiger charge is -2.14. The molecule has 5 heteroatoms. The number of hydrogen-bond donors (Lipinski definition) is 1. The van der Waals surface area contributed by atoms with Gasteiger partial charge in [0, 0.05) is 19.2 Å². The van der Waals surface area contributed by atoms with Crippen molar-refractivity contribution in [2.24, 2.45) is 7.05 Å². The number of fused-ring (bicyclic) bond motifs is 1. The van der Waals surface area contributed by atoms with Crippen molar-refractivity contribution in [1.82, 2.24) is 20.1 Å². The zero-order chi connectivity index (χ0) is 14.7. The molecule has 0 unspecified atom stereocenters. The molecular formula is C16H18N4O. The molecule has 0 saturated heterocycles. The van der Waals surface area contributed by atoms with Crippen LogP contribution in [0.2, 0.25) is 0 Å². The first kappa shape index (κ1) is 13.6. The van der Waals surface area contributed by atoms with Gasteiger partial charge in [0.25, 0.3) is 0 Å². The van der Waals surface area contributed by atoms with E-state index in [0.29, 0.717) is 6.61 Å². The van der Waals surface area contributed by atoms with Crippen LogP contribution >= 0.6 is 0 Å². The van der Waals surface area contributed by atoms with Gasteiger partial charge in [-0.25, -0.2) is 4.98 Å². The number of aryl methyl sites for hydroxylation is 1. The molecule has 1 aromatic heterocycles. The number of nitrogens with zero attached hydrogens (tertiary/aromatic N) is 3. The summed E-state index contributed by atoms with van der Waals surface area (Å²) in [6.45, 7) is 1.17. The maximum atomic E-state index is 5.96. The topological polar surface area (TPSA) is 52.0 Å². The molecule has 0 bridgehead atoms. The summed E-state index contributed by atoms with van der Waals surface area (Å²) in [6.07, 6.45) is 1.54. The standard InChI is InChI=1S/C16H18N4O/c1-17-9-14-13-6-4-3-5-12(13)7-8-15(14)21-10-16-18-11-19-20(16)2/h3-8,11,17H,9-10H2,1-2H3. The van der Waals surface area contributed by atoms with Crippen LogP contribution in [0, 0.1) is 0 Å². The maximum Gasteiger partial charge on any atom is 0.164 e. The van der Waals surface area contributed by atoms with Crippen LogP contribution in [-0.4, -0.2) is 21.8 Å². The van der Waals surface area contributed by atoms with Gasteiger partial charge in [-0.1, -0.05) is 30.3 Å². The quantitative estimate of drug-likeness (QED) is 0.780. The molecule has 3 aromatic rings. The summed E-state index contributed by atoms with van der Waals surface area (Å²) in [7, 11) is 3.80. The van der Waals surface area contributed by atoms with Gasteiger partial charge in [-0.2, -0.15) is 5.10 Å². The first-order valence-electron chi connectivity index (χ1n) is 6.90. The molecule has 0 radical (unpaired) electrons. The number of benzene rings is 2. The Labute approximate surface area is 123 Å². The number of aromatic nitrogens is 3. The first-order valence-corrected chi connectivity index (χ1v) is 6.90. The summed E-state index contributed by atoms with van der Waals surface area (Å²) in [5, 5.41) is 9.69. The van der Waals surface area contributed by atoms with E-state index in [4.69, 9.17) is 4.74 Å². The van der Waals surface area contributed by atoms with Crippen molar-refractivity contribution in [1.29, 1.82) is 0 Å². The Morgan fingerprint density at radius 2 is 2.05 bits per heavy atom. The Balaban J connectivity index is 1.93. The van der Waals surface area contributed by atoms with E-state index in [-0.39, 0.29) is 0 Å². The molecule has 0 amide bonds. The molecule has 3 rings (SSSR count). The number of rotatable bonds is 5. The zero-order valence-electron chi connectivity index (χ0n) is 12.2. The van der Waals surface area contributed by atoms with E-state index in [2.05, 4.69) is 33.6 Å². The molecule has 0 spiro atoms. The smallest absolute Gasteiger partial charge is 0.164 e. The third-order valence-electron chi connectivity index (χ3n) is 3.51. The maximum absolute atomic E-state index is 5.96. The van der Waals surface area contributed by atoms with E-state index in [1.165, 1.54) is 17.1 Å². The Kier molecular flexibility index (Phi) is 3.83. The summed E-state index contributed by atoms with van der Waals surface area (Å²) in [4.78, 5) is 4.18. The van der Waals surface area contributed by atoms with Crippen molar-refractivity contribution in [3.8, 4) is 5.75 Å². The van der Waals surface area contributed by atoms with Gasteiger partial charge in [0.2, 0.25) is 0 Å². The fourth-order valence-electron chi connectivity index (χ4n) is 2.40. The Hall–Kier alpha value is -2.40. The van der Waals surface area contributed by atoms with Gasteiger partial charge < -0.3 is 10.1 Å². The van der Waals surface area contributed by atoms with Crippen LogP contribution in [0.15, 0.2) is 42.7 Å². The minimum absolute atomic E-state index is 0.408. The molecule has 0 fully saturated rings.